The van der Waals surface area contributed by atoms with E-state index in [1.54, 1.807) is 20.8 Å². The van der Waals surface area contributed by atoms with Crippen molar-refractivity contribution in [2.45, 2.75) is 63.8 Å². The molecule has 19 heavy (non-hydrogen) atoms. The van der Waals surface area contributed by atoms with Crippen LogP contribution in [0.2, 0.25) is 0 Å². The SMILES string of the molecule is CC(C)(C)OC(=O)N[C@H]1CCC(O)C[C@H]1NC(=O)O. The summed E-state index contributed by atoms with van der Waals surface area (Å²) in [5.74, 6) is 0. The van der Waals surface area contributed by atoms with Crippen molar-refractivity contribution < 1.29 is 24.5 Å². The van der Waals surface area contributed by atoms with Crippen molar-refractivity contribution in [1.82, 2.24) is 10.6 Å². The molecular formula is C12H22N2O5. The van der Waals surface area contributed by atoms with E-state index < -0.39 is 29.9 Å². The molecule has 3 atom stereocenters. The molecule has 0 aromatic rings. The lowest BCUT2D eigenvalue weighted by Gasteiger charge is -2.34. The number of rotatable bonds is 2. The summed E-state index contributed by atoms with van der Waals surface area (Å²) in [6, 6.07) is -0.872. The average Bonchev–Trinajstić information content (AvgIpc) is 2.18. The standard InChI is InChI=1S/C12H22N2O5/c1-12(2,3)19-11(18)14-8-5-4-7(15)6-9(8)13-10(16)17/h7-9,13,15H,4-6H2,1-3H3,(H,14,18)(H,16,17)/t7?,8-,9+/m0/s1. The van der Waals surface area contributed by atoms with Crippen LogP contribution in [0, 0.1) is 0 Å². The first kappa shape index (κ1) is 15.6. The number of alkyl carbamates (subject to hydrolysis) is 1. The minimum Gasteiger partial charge on any atom is -0.465 e. The molecule has 1 saturated carbocycles. The Bertz CT molecular complexity index is 340. The van der Waals surface area contributed by atoms with Crippen LogP contribution in [0.5, 0.6) is 0 Å². The normalized spacial score (nSPS) is 27.5. The molecule has 1 unspecified atom stereocenters. The van der Waals surface area contributed by atoms with Gasteiger partial charge in [-0.1, -0.05) is 0 Å². The molecule has 1 aliphatic rings. The lowest BCUT2D eigenvalue weighted by molar-refractivity contribution is 0.0421. The zero-order chi connectivity index (χ0) is 14.6. The van der Waals surface area contributed by atoms with Crippen LogP contribution in [0.15, 0.2) is 0 Å². The molecule has 0 bridgehead atoms. The minimum absolute atomic E-state index is 0.284. The molecule has 2 amide bonds. The quantitative estimate of drug-likeness (QED) is 0.602. The molecule has 7 heteroatoms. The van der Waals surface area contributed by atoms with Crippen molar-refractivity contribution >= 4 is 12.2 Å². The summed E-state index contributed by atoms with van der Waals surface area (Å²) in [7, 11) is 0. The molecule has 4 N–H and O–H groups in total. The molecule has 0 aliphatic heterocycles. The molecule has 1 rings (SSSR count). The van der Waals surface area contributed by atoms with Gasteiger partial charge < -0.3 is 25.6 Å². The number of hydrogen-bond acceptors (Lipinski definition) is 4. The van der Waals surface area contributed by atoms with Gasteiger partial charge in [-0.15, -0.1) is 0 Å². The van der Waals surface area contributed by atoms with Gasteiger partial charge in [-0.2, -0.15) is 0 Å². The number of carbonyl (C=O) groups excluding carboxylic acids is 1. The van der Waals surface area contributed by atoms with Crippen LogP contribution in [-0.4, -0.2) is 46.2 Å². The van der Waals surface area contributed by atoms with Gasteiger partial charge in [0.25, 0.3) is 0 Å². The van der Waals surface area contributed by atoms with E-state index in [9.17, 15) is 14.7 Å². The van der Waals surface area contributed by atoms with Gasteiger partial charge in [-0.25, -0.2) is 9.59 Å². The fraction of sp³-hybridized carbons (Fsp3) is 0.833. The monoisotopic (exact) mass is 274 g/mol. The number of nitrogens with one attached hydrogen (secondary N) is 2. The highest BCUT2D eigenvalue weighted by molar-refractivity contribution is 5.69. The number of amides is 2. The second-order valence-corrected chi connectivity index (χ2v) is 5.78. The molecule has 0 aromatic heterocycles. The van der Waals surface area contributed by atoms with E-state index >= 15 is 0 Å². The van der Waals surface area contributed by atoms with Crippen LogP contribution < -0.4 is 10.6 Å². The Hall–Kier alpha value is -1.50. The number of carboxylic acid groups (broad SMARTS) is 1. The maximum absolute atomic E-state index is 11.7. The summed E-state index contributed by atoms with van der Waals surface area (Å²) in [4.78, 5) is 22.4. The van der Waals surface area contributed by atoms with Crippen LogP contribution >= 0.6 is 0 Å². The fourth-order valence-corrected chi connectivity index (χ4v) is 2.10. The third kappa shape index (κ3) is 5.78. The molecule has 7 nitrogen and oxygen atoms in total. The topological polar surface area (TPSA) is 108 Å². The maximum Gasteiger partial charge on any atom is 0.407 e. The molecule has 110 valence electrons. The highest BCUT2D eigenvalue weighted by Gasteiger charge is 2.32. The summed E-state index contributed by atoms with van der Waals surface area (Å²) in [6.45, 7) is 5.26. The van der Waals surface area contributed by atoms with Crippen molar-refractivity contribution in [2.75, 3.05) is 0 Å². The van der Waals surface area contributed by atoms with E-state index in [2.05, 4.69) is 10.6 Å². The van der Waals surface area contributed by atoms with Gasteiger partial charge in [0.2, 0.25) is 0 Å². The molecule has 0 aromatic carbocycles. The first-order valence-corrected chi connectivity index (χ1v) is 6.34. The lowest BCUT2D eigenvalue weighted by atomic mass is 9.88. The summed E-state index contributed by atoms with van der Waals surface area (Å²) in [6.07, 6.45) is -0.981. The predicted octanol–water partition coefficient (Wildman–Crippen LogP) is 1.06. The zero-order valence-electron chi connectivity index (χ0n) is 11.5. The highest BCUT2D eigenvalue weighted by Crippen LogP contribution is 2.20. The van der Waals surface area contributed by atoms with Crippen LogP contribution in [0.4, 0.5) is 9.59 Å². The summed E-state index contributed by atoms with van der Waals surface area (Å²) >= 11 is 0. The Kier molecular flexibility index (Phi) is 4.99. The smallest absolute Gasteiger partial charge is 0.407 e. The predicted molar refractivity (Wildman–Crippen MR) is 68.0 cm³/mol. The van der Waals surface area contributed by atoms with Crippen LogP contribution in [-0.2, 0) is 4.74 Å². The Labute approximate surface area is 112 Å². The van der Waals surface area contributed by atoms with E-state index in [1.807, 2.05) is 0 Å². The van der Waals surface area contributed by atoms with Gasteiger partial charge in [0, 0.05) is 0 Å². The molecule has 1 aliphatic carbocycles. The number of aliphatic hydroxyl groups is 1. The molecule has 1 fully saturated rings. The number of aliphatic hydroxyl groups excluding tert-OH is 1. The lowest BCUT2D eigenvalue weighted by Crippen LogP contribution is -2.55. The first-order chi connectivity index (χ1) is 8.67. The molecule has 0 saturated heterocycles. The fourth-order valence-electron chi connectivity index (χ4n) is 2.10. The maximum atomic E-state index is 11.7. The van der Waals surface area contributed by atoms with Gasteiger partial charge in [-0.3, -0.25) is 0 Å². The van der Waals surface area contributed by atoms with Crippen molar-refractivity contribution in [3.05, 3.63) is 0 Å². The second-order valence-electron chi connectivity index (χ2n) is 5.78. The molecule has 0 radical (unpaired) electrons. The third-order valence-electron chi connectivity index (χ3n) is 2.83. The van der Waals surface area contributed by atoms with E-state index in [1.165, 1.54) is 0 Å². The van der Waals surface area contributed by atoms with E-state index in [4.69, 9.17) is 9.84 Å². The molecular weight excluding hydrogens is 252 g/mol. The van der Waals surface area contributed by atoms with Crippen LogP contribution in [0.25, 0.3) is 0 Å². The second kappa shape index (κ2) is 6.10. The van der Waals surface area contributed by atoms with E-state index in [-0.39, 0.29) is 12.5 Å². The third-order valence-corrected chi connectivity index (χ3v) is 2.83. The minimum atomic E-state index is -1.17. The Balaban J connectivity index is 2.58. The summed E-state index contributed by atoms with van der Waals surface area (Å²) in [5.41, 5.74) is -0.603. The van der Waals surface area contributed by atoms with Crippen molar-refractivity contribution in [2.24, 2.45) is 0 Å². The van der Waals surface area contributed by atoms with Gasteiger partial charge in [0.05, 0.1) is 18.2 Å². The van der Waals surface area contributed by atoms with Crippen LogP contribution in [0.1, 0.15) is 40.0 Å². The molecule has 0 heterocycles. The zero-order valence-corrected chi connectivity index (χ0v) is 11.5. The van der Waals surface area contributed by atoms with Crippen LogP contribution in [0.3, 0.4) is 0 Å². The number of carbonyl (C=O) groups is 2. The Morgan fingerprint density at radius 2 is 1.79 bits per heavy atom. The Morgan fingerprint density at radius 3 is 2.32 bits per heavy atom. The number of hydrogen-bond donors (Lipinski definition) is 4. The first-order valence-electron chi connectivity index (χ1n) is 6.34. The summed E-state index contributed by atoms with van der Waals surface area (Å²) < 4.78 is 5.13. The molecule has 0 spiro atoms. The highest BCUT2D eigenvalue weighted by atomic mass is 16.6. The van der Waals surface area contributed by atoms with E-state index in [0.717, 1.165) is 0 Å². The van der Waals surface area contributed by atoms with Crippen molar-refractivity contribution in [3.8, 4) is 0 Å². The van der Waals surface area contributed by atoms with Gasteiger partial charge in [-0.05, 0) is 40.0 Å². The van der Waals surface area contributed by atoms with E-state index in [0.29, 0.717) is 12.8 Å². The Morgan fingerprint density at radius 1 is 1.16 bits per heavy atom. The van der Waals surface area contributed by atoms with Gasteiger partial charge in [0.15, 0.2) is 0 Å². The van der Waals surface area contributed by atoms with Crippen molar-refractivity contribution in [3.63, 3.8) is 0 Å². The van der Waals surface area contributed by atoms with Gasteiger partial charge in [0.1, 0.15) is 5.60 Å². The average molecular weight is 274 g/mol. The summed E-state index contributed by atoms with van der Waals surface area (Å²) in [5, 5.41) is 23.3. The van der Waals surface area contributed by atoms with Gasteiger partial charge >= 0.3 is 12.2 Å². The largest absolute Gasteiger partial charge is 0.465 e. The van der Waals surface area contributed by atoms with Crippen molar-refractivity contribution in [1.29, 1.82) is 0 Å². The number of ether oxygens (including phenoxy) is 1.